The molecule has 0 fully saturated rings. The summed E-state index contributed by atoms with van der Waals surface area (Å²) < 4.78 is 16.1. The highest BCUT2D eigenvalue weighted by atomic mass is 16.5. The minimum absolute atomic E-state index is 0.179. The number of rotatable bonds is 6. The van der Waals surface area contributed by atoms with Crippen LogP contribution >= 0.6 is 0 Å². The molecule has 0 radical (unpaired) electrons. The van der Waals surface area contributed by atoms with Gasteiger partial charge in [0.1, 0.15) is 23.9 Å². The lowest BCUT2D eigenvalue weighted by atomic mass is 10.2. The van der Waals surface area contributed by atoms with Gasteiger partial charge >= 0.3 is 0 Å². The Balaban J connectivity index is 1.71. The van der Waals surface area contributed by atoms with Gasteiger partial charge in [-0.1, -0.05) is 22.9 Å². The molecule has 1 aromatic heterocycles. The Morgan fingerprint density at radius 2 is 1.69 bits per heavy atom. The van der Waals surface area contributed by atoms with Crippen molar-refractivity contribution in [1.29, 1.82) is 0 Å². The second-order valence-corrected chi connectivity index (χ2v) is 5.85. The third kappa shape index (κ3) is 4.03. The molecule has 3 aromatic rings. The molecule has 3 rings (SSSR count). The van der Waals surface area contributed by atoms with Crippen LogP contribution in [-0.4, -0.2) is 18.2 Å². The lowest BCUT2D eigenvalue weighted by Gasteiger charge is -2.08. The van der Waals surface area contributed by atoms with Gasteiger partial charge in [-0.05, 0) is 50.2 Å². The lowest BCUT2D eigenvalue weighted by Crippen LogP contribution is -2.15. The van der Waals surface area contributed by atoms with E-state index < -0.39 is 0 Å². The molecule has 0 unspecified atom stereocenters. The van der Waals surface area contributed by atoms with Gasteiger partial charge in [-0.2, -0.15) is 0 Å². The molecule has 6 heteroatoms. The Morgan fingerprint density at radius 1 is 1.04 bits per heavy atom. The average Bonchev–Trinajstić information content (AvgIpc) is 3.03. The first-order valence-electron chi connectivity index (χ1n) is 8.17. The fourth-order valence-corrected chi connectivity index (χ4v) is 2.39. The molecule has 0 saturated carbocycles. The predicted octanol–water partition coefficient (Wildman–Crippen LogP) is 4.13. The van der Waals surface area contributed by atoms with Crippen LogP contribution in [0.2, 0.25) is 0 Å². The van der Waals surface area contributed by atoms with Gasteiger partial charge < -0.3 is 19.3 Å². The molecule has 2 aromatic carbocycles. The number of hydrogen-bond donors (Lipinski definition) is 1. The van der Waals surface area contributed by atoms with Gasteiger partial charge in [0, 0.05) is 5.69 Å². The summed E-state index contributed by atoms with van der Waals surface area (Å²) in [5.74, 6) is 1.62. The first-order valence-corrected chi connectivity index (χ1v) is 8.17. The van der Waals surface area contributed by atoms with Crippen LogP contribution in [0.15, 0.2) is 53.1 Å². The van der Waals surface area contributed by atoms with Gasteiger partial charge in [0.05, 0.1) is 12.7 Å². The molecule has 0 spiro atoms. The fraction of sp³-hybridized carbons (Fsp3) is 0.200. The van der Waals surface area contributed by atoms with Crippen molar-refractivity contribution < 1.29 is 18.8 Å². The van der Waals surface area contributed by atoms with Crippen molar-refractivity contribution in [2.24, 2.45) is 0 Å². The van der Waals surface area contributed by atoms with Crippen LogP contribution in [0.25, 0.3) is 0 Å². The summed E-state index contributed by atoms with van der Waals surface area (Å²) in [4.78, 5) is 12.5. The number of ether oxygens (including phenoxy) is 2. The van der Waals surface area contributed by atoms with E-state index in [1.165, 1.54) is 0 Å². The second-order valence-electron chi connectivity index (χ2n) is 5.85. The Labute approximate surface area is 151 Å². The molecular weight excluding hydrogens is 332 g/mol. The second kappa shape index (κ2) is 7.74. The van der Waals surface area contributed by atoms with E-state index in [0.717, 1.165) is 11.3 Å². The number of carbonyl (C=O) groups excluding carboxylic acids is 1. The van der Waals surface area contributed by atoms with Gasteiger partial charge in [0.25, 0.3) is 5.91 Å². The summed E-state index contributed by atoms with van der Waals surface area (Å²) in [6.45, 7) is 3.92. The minimum atomic E-state index is -0.334. The van der Waals surface area contributed by atoms with Crippen LogP contribution in [0.3, 0.4) is 0 Å². The summed E-state index contributed by atoms with van der Waals surface area (Å²) in [5.41, 5.74) is 2.65. The maximum atomic E-state index is 12.5. The summed E-state index contributed by atoms with van der Waals surface area (Å²) in [6, 6.07) is 14.7. The number of amides is 1. The van der Waals surface area contributed by atoms with E-state index in [1.807, 2.05) is 31.2 Å². The number of carbonyl (C=O) groups is 1. The molecule has 1 heterocycles. The number of methoxy groups -OCH3 is 1. The Morgan fingerprint density at radius 3 is 2.35 bits per heavy atom. The molecule has 1 amide bonds. The standard InChI is InChI=1S/C20H20N2O4/c1-13-4-6-15(7-5-13)21-20(23)19-18(14(2)26-22-19)12-25-17-10-8-16(24-3)9-11-17/h4-11H,12H2,1-3H3,(H,21,23). The SMILES string of the molecule is COc1ccc(OCc2c(C(=O)Nc3ccc(C)cc3)noc2C)cc1. The number of anilines is 1. The van der Waals surface area contributed by atoms with Crippen molar-refractivity contribution >= 4 is 11.6 Å². The van der Waals surface area contributed by atoms with Crippen LogP contribution in [0, 0.1) is 13.8 Å². The largest absolute Gasteiger partial charge is 0.497 e. The summed E-state index contributed by atoms with van der Waals surface area (Å²) >= 11 is 0. The maximum absolute atomic E-state index is 12.5. The first-order chi connectivity index (χ1) is 12.6. The van der Waals surface area contributed by atoms with Crippen molar-refractivity contribution in [3.05, 3.63) is 71.1 Å². The molecular formula is C20H20N2O4. The zero-order valence-corrected chi connectivity index (χ0v) is 14.9. The highest BCUT2D eigenvalue weighted by Gasteiger charge is 2.20. The first kappa shape index (κ1) is 17.5. The van der Waals surface area contributed by atoms with Crippen molar-refractivity contribution in [3.8, 4) is 11.5 Å². The van der Waals surface area contributed by atoms with E-state index in [2.05, 4.69) is 10.5 Å². The van der Waals surface area contributed by atoms with Crippen LogP contribution in [0.1, 0.15) is 27.4 Å². The zero-order valence-electron chi connectivity index (χ0n) is 14.9. The molecule has 0 aliphatic carbocycles. The van der Waals surface area contributed by atoms with E-state index in [1.54, 1.807) is 38.3 Å². The van der Waals surface area contributed by atoms with E-state index in [9.17, 15) is 4.79 Å². The highest BCUT2D eigenvalue weighted by Crippen LogP contribution is 2.21. The van der Waals surface area contributed by atoms with Gasteiger partial charge in [0.15, 0.2) is 5.69 Å². The maximum Gasteiger partial charge on any atom is 0.278 e. The smallest absolute Gasteiger partial charge is 0.278 e. The summed E-state index contributed by atoms with van der Waals surface area (Å²) in [5, 5.41) is 6.70. The van der Waals surface area contributed by atoms with Crippen LogP contribution < -0.4 is 14.8 Å². The fourth-order valence-electron chi connectivity index (χ4n) is 2.39. The predicted molar refractivity (Wildman–Crippen MR) is 97.7 cm³/mol. The average molecular weight is 352 g/mol. The Bertz CT molecular complexity index is 883. The van der Waals surface area contributed by atoms with E-state index >= 15 is 0 Å². The van der Waals surface area contributed by atoms with Crippen molar-refractivity contribution in [3.63, 3.8) is 0 Å². The van der Waals surface area contributed by atoms with E-state index in [0.29, 0.717) is 22.8 Å². The van der Waals surface area contributed by atoms with Gasteiger partial charge in [-0.3, -0.25) is 4.79 Å². The number of hydrogen-bond acceptors (Lipinski definition) is 5. The zero-order chi connectivity index (χ0) is 18.5. The molecule has 0 bridgehead atoms. The lowest BCUT2D eigenvalue weighted by molar-refractivity contribution is 0.101. The summed E-state index contributed by atoms with van der Waals surface area (Å²) in [6.07, 6.45) is 0. The Kier molecular flexibility index (Phi) is 5.22. The van der Waals surface area contributed by atoms with Crippen LogP contribution in [-0.2, 0) is 6.61 Å². The monoisotopic (exact) mass is 352 g/mol. The molecule has 134 valence electrons. The van der Waals surface area contributed by atoms with Crippen LogP contribution in [0.4, 0.5) is 5.69 Å². The van der Waals surface area contributed by atoms with Gasteiger partial charge in [0.2, 0.25) is 0 Å². The van der Waals surface area contributed by atoms with E-state index in [-0.39, 0.29) is 18.2 Å². The third-order valence-corrected chi connectivity index (χ3v) is 3.95. The topological polar surface area (TPSA) is 73.6 Å². The highest BCUT2D eigenvalue weighted by molar-refractivity contribution is 6.03. The molecule has 0 atom stereocenters. The molecule has 26 heavy (non-hydrogen) atoms. The van der Waals surface area contributed by atoms with Gasteiger partial charge in [-0.25, -0.2) is 0 Å². The molecule has 0 aliphatic heterocycles. The van der Waals surface area contributed by atoms with Crippen molar-refractivity contribution in [1.82, 2.24) is 5.16 Å². The van der Waals surface area contributed by atoms with Crippen molar-refractivity contribution in [2.75, 3.05) is 12.4 Å². The molecule has 0 aliphatic rings. The summed E-state index contributed by atoms with van der Waals surface area (Å²) in [7, 11) is 1.61. The number of nitrogens with zero attached hydrogens (tertiary/aromatic N) is 1. The quantitative estimate of drug-likeness (QED) is 0.722. The number of aromatic nitrogens is 1. The molecule has 0 saturated heterocycles. The normalized spacial score (nSPS) is 10.4. The van der Waals surface area contributed by atoms with Gasteiger partial charge in [-0.15, -0.1) is 0 Å². The van der Waals surface area contributed by atoms with Crippen LogP contribution in [0.5, 0.6) is 11.5 Å². The minimum Gasteiger partial charge on any atom is -0.497 e. The molecule has 6 nitrogen and oxygen atoms in total. The Hall–Kier alpha value is -3.28. The number of benzene rings is 2. The van der Waals surface area contributed by atoms with Crippen molar-refractivity contribution in [2.45, 2.75) is 20.5 Å². The third-order valence-electron chi connectivity index (χ3n) is 3.95. The number of nitrogens with one attached hydrogen (secondary N) is 1. The molecule has 1 N–H and O–H groups in total. The number of aryl methyl sites for hydroxylation is 2. The van der Waals surface area contributed by atoms with E-state index in [4.69, 9.17) is 14.0 Å².